The van der Waals surface area contributed by atoms with Crippen molar-refractivity contribution in [1.29, 1.82) is 0 Å². The van der Waals surface area contributed by atoms with Crippen molar-refractivity contribution in [3.8, 4) is 11.3 Å². The van der Waals surface area contributed by atoms with Crippen LogP contribution in [0.3, 0.4) is 0 Å². The van der Waals surface area contributed by atoms with Gasteiger partial charge in [-0.1, -0.05) is 66.7 Å². The van der Waals surface area contributed by atoms with Crippen LogP contribution in [0.2, 0.25) is 0 Å². The number of aromatic nitrogens is 2. The first-order valence-corrected chi connectivity index (χ1v) is 10.4. The summed E-state index contributed by atoms with van der Waals surface area (Å²) < 4.78 is 46.1. The number of hydrogen-bond donors (Lipinski definition) is 1. The highest BCUT2D eigenvalue weighted by atomic mass is 19.4. The summed E-state index contributed by atoms with van der Waals surface area (Å²) >= 11 is 0. The van der Waals surface area contributed by atoms with Gasteiger partial charge < -0.3 is 5.32 Å². The molecule has 4 aromatic carbocycles. The highest BCUT2D eigenvalue weighted by Crippen LogP contribution is 2.49. The Morgan fingerprint density at radius 2 is 1.47 bits per heavy atom. The quantitative estimate of drug-likeness (QED) is 0.337. The average molecular weight is 429 g/mol. The molecule has 1 aliphatic rings. The molecule has 0 amide bonds. The summed E-state index contributed by atoms with van der Waals surface area (Å²) in [5.41, 5.74) is 0.410. The topological polar surface area (TPSA) is 29.9 Å². The van der Waals surface area contributed by atoms with Crippen molar-refractivity contribution < 1.29 is 13.2 Å². The predicted octanol–water partition coefficient (Wildman–Crippen LogP) is 6.74. The fourth-order valence-electron chi connectivity index (χ4n) is 4.72. The van der Waals surface area contributed by atoms with Gasteiger partial charge in [0.25, 0.3) is 0 Å². The summed E-state index contributed by atoms with van der Waals surface area (Å²) in [6.45, 7) is 0. The van der Waals surface area contributed by atoms with Crippen molar-refractivity contribution in [3.05, 3.63) is 96.6 Å². The van der Waals surface area contributed by atoms with Gasteiger partial charge in [0.05, 0.1) is 11.2 Å². The number of benzene rings is 4. The SMILES string of the molecule is FC(F)(F)C1(Nc2ccccc2)Cc2cc3ccccc3cc2-c2c3ccccc3nn21. The van der Waals surface area contributed by atoms with Crippen molar-refractivity contribution in [3.63, 3.8) is 0 Å². The van der Waals surface area contributed by atoms with Gasteiger partial charge in [0.2, 0.25) is 5.66 Å². The lowest BCUT2D eigenvalue weighted by molar-refractivity contribution is -0.208. The van der Waals surface area contributed by atoms with Gasteiger partial charge in [-0.3, -0.25) is 0 Å². The summed E-state index contributed by atoms with van der Waals surface area (Å²) in [6.07, 6.45) is -4.88. The smallest absolute Gasteiger partial charge is 0.354 e. The predicted molar refractivity (Wildman–Crippen MR) is 120 cm³/mol. The second-order valence-corrected chi connectivity index (χ2v) is 8.16. The maximum atomic E-state index is 15.0. The summed E-state index contributed by atoms with van der Waals surface area (Å²) in [5.74, 6) is 0. The molecule has 1 N–H and O–H groups in total. The molecule has 32 heavy (non-hydrogen) atoms. The van der Waals surface area contributed by atoms with Crippen molar-refractivity contribution in [1.82, 2.24) is 9.78 Å². The number of para-hydroxylation sites is 1. The zero-order valence-corrected chi connectivity index (χ0v) is 16.9. The van der Waals surface area contributed by atoms with Crippen LogP contribution >= 0.6 is 0 Å². The Bertz CT molecular complexity index is 1470. The molecule has 0 fully saturated rings. The molecule has 1 unspecified atom stereocenters. The maximum Gasteiger partial charge on any atom is 0.432 e. The van der Waals surface area contributed by atoms with E-state index < -0.39 is 11.8 Å². The Balaban J connectivity index is 1.71. The molecule has 0 saturated heterocycles. The zero-order chi connectivity index (χ0) is 21.9. The Kier molecular flexibility index (Phi) is 3.90. The van der Waals surface area contributed by atoms with Crippen LogP contribution in [-0.4, -0.2) is 16.0 Å². The summed E-state index contributed by atoms with van der Waals surface area (Å²) in [4.78, 5) is 0. The van der Waals surface area contributed by atoms with Crippen LogP contribution in [0.25, 0.3) is 32.9 Å². The van der Waals surface area contributed by atoms with E-state index in [1.807, 2.05) is 48.5 Å². The molecule has 1 atom stereocenters. The highest BCUT2D eigenvalue weighted by molar-refractivity contribution is 5.98. The van der Waals surface area contributed by atoms with Gasteiger partial charge in [0.1, 0.15) is 0 Å². The Labute approximate surface area is 182 Å². The number of nitrogens with zero attached hydrogens (tertiary/aromatic N) is 2. The molecule has 158 valence electrons. The minimum atomic E-state index is -4.61. The lowest BCUT2D eigenvalue weighted by atomic mass is 9.86. The fraction of sp³-hybridized carbons (Fsp3) is 0.115. The van der Waals surface area contributed by atoms with Crippen LogP contribution < -0.4 is 5.32 Å². The van der Waals surface area contributed by atoms with E-state index in [0.29, 0.717) is 27.8 Å². The van der Waals surface area contributed by atoms with Crippen LogP contribution in [-0.2, 0) is 12.1 Å². The lowest BCUT2D eigenvalue weighted by Gasteiger charge is -2.42. The van der Waals surface area contributed by atoms with Crippen molar-refractivity contribution >= 4 is 27.4 Å². The molecule has 3 nitrogen and oxygen atoms in total. The van der Waals surface area contributed by atoms with Gasteiger partial charge in [-0.2, -0.15) is 18.3 Å². The number of nitrogens with one attached hydrogen (secondary N) is 1. The third-order valence-electron chi connectivity index (χ3n) is 6.21. The van der Waals surface area contributed by atoms with Gasteiger partial charge in [0, 0.05) is 23.1 Å². The molecule has 2 heterocycles. The molecule has 0 saturated carbocycles. The molecule has 0 radical (unpaired) electrons. The van der Waals surface area contributed by atoms with E-state index in [9.17, 15) is 13.2 Å². The number of rotatable bonds is 2. The molecular formula is C26H18F3N3. The monoisotopic (exact) mass is 429 g/mol. The standard InChI is InChI=1S/C26H18F3N3/c27-26(28,29)25(30-20-10-2-1-3-11-20)16-19-14-17-8-4-5-9-18(17)15-22(19)24-21-12-6-7-13-23(21)31-32(24)25/h1-15,30H,16H2. The minimum absolute atomic E-state index is 0.271. The third kappa shape index (κ3) is 2.65. The Hall–Kier alpha value is -3.80. The zero-order valence-electron chi connectivity index (χ0n) is 16.9. The van der Waals surface area contributed by atoms with Gasteiger partial charge in [0.15, 0.2) is 0 Å². The minimum Gasteiger partial charge on any atom is -0.354 e. The average Bonchev–Trinajstić information content (AvgIpc) is 3.18. The number of hydrogen-bond acceptors (Lipinski definition) is 2. The largest absolute Gasteiger partial charge is 0.432 e. The Morgan fingerprint density at radius 1 is 0.812 bits per heavy atom. The normalized spacial score (nSPS) is 17.8. The summed E-state index contributed by atoms with van der Waals surface area (Å²) in [6, 6.07) is 27.3. The number of halogens is 3. The van der Waals surface area contributed by atoms with E-state index in [2.05, 4.69) is 10.4 Å². The van der Waals surface area contributed by atoms with Crippen LogP contribution in [0.4, 0.5) is 18.9 Å². The maximum absolute atomic E-state index is 15.0. The van der Waals surface area contributed by atoms with Gasteiger partial charge in [-0.25, -0.2) is 4.68 Å². The van der Waals surface area contributed by atoms with E-state index in [-0.39, 0.29) is 6.42 Å². The molecule has 1 aromatic heterocycles. The van der Waals surface area contributed by atoms with E-state index in [1.54, 1.807) is 42.5 Å². The molecule has 0 aliphatic carbocycles. The van der Waals surface area contributed by atoms with Crippen LogP contribution in [0.15, 0.2) is 91.0 Å². The number of alkyl halides is 3. The molecule has 0 spiro atoms. The van der Waals surface area contributed by atoms with Gasteiger partial charge >= 0.3 is 6.18 Å². The highest BCUT2D eigenvalue weighted by Gasteiger charge is 2.60. The lowest BCUT2D eigenvalue weighted by Crippen LogP contribution is -2.57. The second kappa shape index (κ2) is 6.60. The first kappa shape index (κ1) is 18.9. The molecule has 0 bridgehead atoms. The van der Waals surface area contributed by atoms with Crippen LogP contribution in [0.1, 0.15) is 5.56 Å². The third-order valence-corrected chi connectivity index (χ3v) is 6.21. The van der Waals surface area contributed by atoms with Crippen molar-refractivity contribution in [2.75, 3.05) is 5.32 Å². The van der Waals surface area contributed by atoms with Gasteiger partial charge in [-0.15, -0.1) is 0 Å². The summed E-state index contributed by atoms with van der Waals surface area (Å²) in [7, 11) is 0. The van der Waals surface area contributed by atoms with Crippen LogP contribution in [0.5, 0.6) is 0 Å². The Morgan fingerprint density at radius 3 is 2.22 bits per heavy atom. The van der Waals surface area contributed by atoms with Crippen molar-refractivity contribution in [2.24, 2.45) is 0 Å². The fourth-order valence-corrected chi connectivity index (χ4v) is 4.72. The first-order valence-electron chi connectivity index (χ1n) is 10.4. The molecular weight excluding hydrogens is 411 g/mol. The van der Waals surface area contributed by atoms with E-state index in [0.717, 1.165) is 21.0 Å². The van der Waals surface area contributed by atoms with E-state index in [1.165, 1.54) is 0 Å². The number of fused-ring (bicyclic) bond motifs is 6. The second-order valence-electron chi connectivity index (χ2n) is 8.16. The van der Waals surface area contributed by atoms with E-state index in [4.69, 9.17) is 0 Å². The molecule has 1 aliphatic heterocycles. The van der Waals surface area contributed by atoms with Crippen molar-refractivity contribution in [2.45, 2.75) is 18.3 Å². The molecule has 6 rings (SSSR count). The summed E-state index contributed by atoms with van der Waals surface area (Å²) in [5, 5.41) is 9.90. The number of anilines is 1. The first-order chi connectivity index (χ1) is 15.5. The van der Waals surface area contributed by atoms with Crippen LogP contribution in [0, 0.1) is 0 Å². The molecule has 5 aromatic rings. The molecule has 6 heteroatoms. The van der Waals surface area contributed by atoms with Gasteiger partial charge in [-0.05, 0) is 40.6 Å². The van der Waals surface area contributed by atoms with E-state index >= 15 is 0 Å².